The van der Waals surface area contributed by atoms with Crippen LogP contribution < -0.4 is 5.32 Å². The van der Waals surface area contributed by atoms with Crippen LogP contribution in [0.5, 0.6) is 0 Å². The molecule has 0 bridgehead atoms. The highest BCUT2D eigenvalue weighted by Crippen LogP contribution is 2.14. The van der Waals surface area contributed by atoms with Crippen molar-refractivity contribution < 1.29 is 114 Å². The van der Waals surface area contributed by atoms with Crippen molar-refractivity contribution >= 4 is 71.8 Å². The van der Waals surface area contributed by atoms with Crippen molar-refractivity contribution in [3.63, 3.8) is 0 Å². The van der Waals surface area contributed by atoms with Gasteiger partial charge in [-0.3, -0.25) is 47.9 Å². The molecular formula is C55H87NO24. The molecule has 0 rings (SSSR count). The number of nitrogens with one attached hydrogen (secondary N) is 1. The number of carbonyl (C=O) groups is 12. The summed E-state index contributed by atoms with van der Waals surface area (Å²) in [6, 6.07) is 0. The molecular weight excluding hydrogens is 1060 g/mol. The second-order valence-electron chi connectivity index (χ2n) is 18.1. The summed E-state index contributed by atoms with van der Waals surface area (Å²) in [6.45, 7) is 9.48. The summed E-state index contributed by atoms with van der Waals surface area (Å²) in [5.74, 6) is -5.21. The quantitative estimate of drug-likeness (QED) is 0.0303. The molecule has 1 amide bonds. The minimum atomic E-state index is -0.731. The number of ether oxygens (including phenoxy) is 12. The molecule has 0 saturated carbocycles. The van der Waals surface area contributed by atoms with E-state index < -0.39 is 65.8 Å². The maximum atomic E-state index is 12.0. The number of hydrogen-bond donors (Lipinski definition) is 1. The van der Waals surface area contributed by atoms with Gasteiger partial charge in [0.05, 0.1) is 79.2 Å². The number of carbonyl (C=O) groups excluding carboxylic acids is 12. The summed E-state index contributed by atoms with van der Waals surface area (Å²) in [4.78, 5) is 142. The molecule has 80 heavy (non-hydrogen) atoms. The van der Waals surface area contributed by atoms with Crippen LogP contribution in [0, 0.1) is 5.92 Å². The van der Waals surface area contributed by atoms with Crippen LogP contribution in [0.4, 0.5) is 4.79 Å². The van der Waals surface area contributed by atoms with Crippen LogP contribution in [0.3, 0.4) is 0 Å². The zero-order chi connectivity index (χ0) is 59.4. The predicted molar refractivity (Wildman–Crippen MR) is 280 cm³/mol. The smallest absolute Gasteiger partial charge is 0.407 e. The predicted octanol–water partition coefficient (Wildman–Crippen LogP) is 6.28. The Morgan fingerprint density at radius 2 is 0.588 bits per heavy atom. The van der Waals surface area contributed by atoms with E-state index in [0.29, 0.717) is 18.9 Å². The number of unbranched alkanes of at least 4 members (excludes halogenated alkanes) is 1. The number of hydrogen-bond acceptors (Lipinski definition) is 24. The SMILES string of the molecule is C=C(C)C(=O)OCCNC(=O)OCCCC(=O)OCCCC(=O)OCCCC(=O)OCCCC(=O)OCCCC(=O)OCCCC(=O)OCCCC(=O)OCCCC(=O)OCCCC(=O)OCCCC(=O)OCC(CC)CCCC. The maximum Gasteiger partial charge on any atom is 0.407 e. The van der Waals surface area contributed by atoms with E-state index in [9.17, 15) is 57.5 Å². The van der Waals surface area contributed by atoms with Crippen molar-refractivity contribution in [2.75, 3.05) is 85.8 Å². The van der Waals surface area contributed by atoms with Crippen LogP contribution in [0.15, 0.2) is 12.2 Å². The zero-order valence-electron chi connectivity index (χ0n) is 47.2. The Kier molecular flexibility index (Phi) is 46.1. The molecule has 456 valence electrons. The molecule has 1 unspecified atom stereocenters. The van der Waals surface area contributed by atoms with Crippen LogP contribution in [0.1, 0.15) is 175 Å². The average molecular weight is 1150 g/mol. The third kappa shape index (κ3) is 48.3. The van der Waals surface area contributed by atoms with E-state index in [-0.39, 0.29) is 213 Å². The van der Waals surface area contributed by atoms with E-state index in [2.05, 4.69) is 25.7 Å². The van der Waals surface area contributed by atoms with Gasteiger partial charge in [-0.1, -0.05) is 39.7 Å². The highest BCUT2D eigenvalue weighted by molar-refractivity contribution is 5.87. The first kappa shape index (κ1) is 73.2. The lowest BCUT2D eigenvalue weighted by Gasteiger charge is -2.14. The Labute approximate surface area is 469 Å². The van der Waals surface area contributed by atoms with Gasteiger partial charge in [0, 0.05) is 69.8 Å². The summed E-state index contributed by atoms with van der Waals surface area (Å²) in [6.07, 6.45) is 5.96. The van der Waals surface area contributed by atoms with Gasteiger partial charge >= 0.3 is 71.8 Å². The van der Waals surface area contributed by atoms with Crippen LogP contribution in [0.25, 0.3) is 0 Å². The van der Waals surface area contributed by atoms with Gasteiger partial charge in [-0.05, 0) is 83.5 Å². The van der Waals surface area contributed by atoms with Crippen molar-refractivity contribution in [3.8, 4) is 0 Å². The first-order chi connectivity index (χ1) is 38.4. The highest BCUT2D eigenvalue weighted by atomic mass is 16.6. The molecule has 1 atom stereocenters. The van der Waals surface area contributed by atoms with Crippen molar-refractivity contribution in [1.82, 2.24) is 5.32 Å². The van der Waals surface area contributed by atoms with Crippen molar-refractivity contribution in [1.29, 1.82) is 0 Å². The summed E-state index contributed by atoms with van der Waals surface area (Å²) >= 11 is 0. The highest BCUT2D eigenvalue weighted by Gasteiger charge is 2.15. The lowest BCUT2D eigenvalue weighted by Crippen LogP contribution is -2.29. The van der Waals surface area contributed by atoms with Gasteiger partial charge in [0.2, 0.25) is 0 Å². The lowest BCUT2D eigenvalue weighted by molar-refractivity contribution is -0.150. The molecule has 0 aliphatic rings. The van der Waals surface area contributed by atoms with Gasteiger partial charge in [0.25, 0.3) is 0 Å². The molecule has 0 aromatic rings. The minimum absolute atomic E-state index is 0.00414. The second kappa shape index (κ2) is 50.4. The fraction of sp³-hybridized carbons (Fsp3) is 0.745. The monoisotopic (exact) mass is 1150 g/mol. The molecule has 0 fully saturated rings. The first-order valence-corrected chi connectivity index (χ1v) is 27.7. The molecule has 1 N–H and O–H groups in total. The molecule has 0 spiro atoms. The Morgan fingerprint density at radius 3 is 0.825 bits per heavy atom. The van der Waals surface area contributed by atoms with Crippen molar-refractivity contribution in [3.05, 3.63) is 12.2 Å². The number of amides is 1. The van der Waals surface area contributed by atoms with E-state index in [1.54, 1.807) is 0 Å². The second-order valence-corrected chi connectivity index (χ2v) is 18.1. The Hall–Kier alpha value is -6.82. The van der Waals surface area contributed by atoms with E-state index in [1.165, 1.54) is 6.92 Å². The van der Waals surface area contributed by atoms with Crippen molar-refractivity contribution in [2.45, 2.75) is 175 Å². The topological polar surface area (TPSA) is 328 Å². The molecule has 0 aromatic heterocycles. The number of esters is 11. The number of rotatable bonds is 50. The molecule has 0 aliphatic heterocycles. The third-order valence-corrected chi connectivity index (χ3v) is 10.8. The van der Waals surface area contributed by atoms with Gasteiger partial charge in [0.1, 0.15) is 6.61 Å². The molecule has 0 aromatic carbocycles. The maximum absolute atomic E-state index is 12.0. The Morgan fingerprint density at radius 1 is 0.338 bits per heavy atom. The average Bonchev–Trinajstić information content (AvgIpc) is 3.43. The van der Waals surface area contributed by atoms with Crippen molar-refractivity contribution in [2.24, 2.45) is 5.92 Å². The summed E-state index contributed by atoms with van der Waals surface area (Å²) in [5, 5.41) is 2.39. The lowest BCUT2D eigenvalue weighted by atomic mass is 10.0. The number of alkyl carbamates (subject to hydrolysis) is 1. The van der Waals surface area contributed by atoms with Gasteiger partial charge in [-0.25, -0.2) is 9.59 Å². The normalized spacial score (nSPS) is 10.9. The van der Waals surface area contributed by atoms with Gasteiger partial charge in [0.15, 0.2) is 0 Å². The minimum Gasteiger partial charge on any atom is -0.466 e. The van der Waals surface area contributed by atoms with Gasteiger partial charge < -0.3 is 62.2 Å². The zero-order valence-corrected chi connectivity index (χ0v) is 47.2. The third-order valence-electron chi connectivity index (χ3n) is 10.8. The van der Waals surface area contributed by atoms with Gasteiger partial charge in [-0.15, -0.1) is 0 Å². The standard InChI is InChI=1S/C55H87NO24/c1-5-7-18-43(6-2)41-80-53(66)28-16-38-77-51(64)26-14-36-75-49(62)24-12-34-73-47(60)22-10-32-71-45(58)20-8-30-69-44(57)19-9-31-70-46(59)21-11-33-72-48(61)23-13-35-74-50(63)25-15-37-76-52(65)27-17-39-79-55(68)56-29-40-78-54(67)42(3)4/h43H,3,5-41H2,1-2,4H3,(H,56,68). The molecule has 0 heterocycles. The molecule has 25 nitrogen and oxygen atoms in total. The van der Waals surface area contributed by atoms with Crippen LogP contribution in [-0.4, -0.2) is 158 Å². The van der Waals surface area contributed by atoms with Gasteiger partial charge in [-0.2, -0.15) is 0 Å². The fourth-order valence-electron chi connectivity index (χ4n) is 6.31. The molecule has 25 heteroatoms. The molecule has 0 radical (unpaired) electrons. The van der Waals surface area contributed by atoms with Crippen LogP contribution >= 0.6 is 0 Å². The largest absolute Gasteiger partial charge is 0.466 e. The Balaban J connectivity index is 3.69. The van der Waals surface area contributed by atoms with Crippen LogP contribution in [0.2, 0.25) is 0 Å². The summed E-state index contributed by atoms with van der Waals surface area (Å²) in [5.41, 5.74) is 0.237. The molecule has 0 aliphatic carbocycles. The Bertz CT molecular complexity index is 1870. The van der Waals surface area contributed by atoms with E-state index in [1.807, 2.05) is 0 Å². The van der Waals surface area contributed by atoms with Crippen LogP contribution in [-0.2, 0) is 110 Å². The molecule has 0 saturated heterocycles. The van der Waals surface area contributed by atoms with E-state index in [0.717, 1.165) is 25.7 Å². The first-order valence-electron chi connectivity index (χ1n) is 27.7. The van der Waals surface area contributed by atoms with E-state index in [4.69, 9.17) is 56.8 Å². The summed E-state index contributed by atoms with van der Waals surface area (Å²) < 4.78 is 60.8. The summed E-state index contributed by atoms with van der Waals surface area (Å²) in [7, 11) is 0. The fourth-order valence-corrected chi connectivity index (χ4v) is 6.31. The van der Waals surface area contributed by atoms with E-state index >= 15 is 0 Å².